The van der Waals surface area contributed by atoms with E-state index in [4.69, 9.17) is 0 Å². The van der Waals surface area contributed by atoms with Gasteiger partial charge in [0.1, 0.15) is 0 Å². The van der Waals surface area contributed by atoms with Crippen molar-refractivity contribution < 1.29 is 0 Å². The predicted octanol–water partition coefficient (Wildman–Crippen LogP) is 3.43. The first-order valence-corrected chi connectivity index (χ1v) is 5.19. The van der Waals surface area contributed by atoms with Crippen LogP contribution in [-0.2, 0) is 0 Å². The molecule has 0 spiro atoms. The molecule has 2 fully saturated rings. The van der Waals surface area contributed by atoms with E-state index in [0.29, 0.717) is 0 Å². The van der Waals surface area contributed by atoms with Crippen molar-refractivity contribution in [3.05, 3.63) is 6.92 Å². The Bertz CT molecular complexity index is 122. The fourth-order valence-corrected chi connectivity index (χ4v) is 2.45. The van der Waals surface area contributed by atoms with Gasteiger partial charge in [0, 0.05) is 0 Å². The van der Waals surface area contributed by atoms with Crippen molar-refractivity contribution in [1.82, 2.24) is 0 Å². The average molecular weight is 151 g/mol. The quantitative estimate of drug-likeness (QED) is 0.567. The molecule has 0 amide bonds. The first-order chi connectivity index (χ1) is 5.36. The predicted molar refractivity (Wildman–Crippen MR) is 48.1 cm³/mol. The van der Waals surface area contributed by atoms with Gasteiger partial charge in [-0.25, -0.2) is 0 Å². The maximum atomic E-state index is 4.10. The highest BCUT2D eigenvalue weighted by Gasteiger charge is 2.34. The van der Waals surface area contributed by atoms with Gasteiger partial charge in [-0.15, -0.1) is 0 Å². The lowest BCUT2D eigenvalue weighted by Gasteiger charge is -2.21. The van der Waals surface area contributed by atoms with Gasteiger partial charge >= 0.3 is 0 Å². The summed E-state index contributed by atoms with van der Waals surface area (Å²) in [4.78, 5) is 0. The van der Waals surface area contributed by atoms with E-state index in [2.05, 4.69) is 6.92 Å². The lowest BCUT2D eigenvalue weighted by Crippen LogP contribution is -2.06. The summed E-state index contributed by atoms with van der Waals surface area (Å²) in [5, 5.41) is 0. The number of hydrogen-bond acceptors (Lipinski definition) is 0. The highest BCUT2D eigenvalue weighted by atomic mass is 14.4. The van der Waals surface area contributed by atoms with Crippen molar-refractivity contribution in [2.75, 3.05) is 0 Å². The Balaban J connectivity index is 1.68. The lowest BCUT2D eigenvalue weighted by molar-refractivity contribution is 0.322. The molecule has 0 heterocycles. The molecule has 2 aliphatic rings. The first kappa shape index (κ1) is 7.64. The van der Waals surface area contributed by atoms with E-state index >= 15 is 0 Å². The highest BCUT2D eigenvalue weighted by Crippen LogP contribution is 2.44. The van der Waals surface area contributed by atoms with Crippen LogP contribution in [0.25, 0.3) is 0 Å². The van der Waals surface area contributed by atoms with Crippen molar-refractivity contribution in [3.8, 4) is 0 Å². The number of hydrogen-bond donors (Lipinski definition) is 0. The molecule has 2 rings (SSSR count). The molecule has 0 aromatic rings. The molecule has 0 aromatic heterocycles. The second-order valence-corrected chi connectivity index (χ2v) is 4.50. The van der Waals surface area contributed by atoms with Gasteiger partial charge in [0.05, 0.1) is 0 Å². The van der Waals surface area contributed by atoms with Gasteiger partial charge in [-0.3, -0.25) is 0 Å². The van der Waals surface area contributed by atoms with E-state index in [0.717, 1.165) is 17.8 Å². The summed E-state index contributed by atoms with van der Waals surface area (Å²) in [6.45, 7) is 4.10. The number of rotatable bonds is 2. The third-order valence-corrected chi connectivity index (χ3v) is 3.43. The molecule has 2 aliphatic carbocycles. The van der Waals surface area contributed by atoms with Crippen molar-refractivity contribution in [3.63, 3.8) is 0 Å². The Hall–Kier alpha value is 0. The smallest absolute Gasteiger partial charge is 0.0380 e. The standard InChI is InChI=1S/C11H19/c1-9-7-11(9)8-10-5-3-2-4-6-10/h9-11H,1-8H2. The lowest BCUT2D eigenvalue weighted by atomic mass is 9.85. The van der Waals surface area contributed by atoms with E-state index in [9.17, 15) is 0 Å². The van der Waals surface area contributed by atoms with Crippen molar-refractivity contribution >= 4 is 0 Å². The molecule has 2 saturated carbocycles. The Morgan fingerprint density at radius 2 is 1.73 bits per heavy atom. The molecule has 2 atom stereocenters. The molecular weight excluding hydrogens is 132 g/mol. The van der Waals surface area contributed by atoms with Crippen LogP contribution in [-0.4, -0.2) is 0 Å². The van der Waals surface area contributed by atoms with Gasteiger partial charge in [-0.1, -0.05) is 32.1 Å². The molecule has 0 N–H and O–H groups in total. The largest absolute Gasteiger partial charge is 0.0533 e. The summed E-state index contributed by atoms with van der Waals surface area (Å²) in [7, 11) is 0. The SMILES string of the molecule is [CH2]C1CC1CC1CCCCC1. The molecule has 0 aromatic carbocycles. The topological polar surface area (TPSA) is 0 Å². The van der Waals surface area contributed by atoms with Gasteiger partial charge in [-0.2, -0.15) is 0 Å². The normalized spacial score (nSPS) is 39.0. The maximum absolute atomic E-state index is 4.10. The summed E-state index contributed by atoms with van der Waals surface area (Å²) in [5.41, 5.74) is 0. The minimum Gasteiger partial charge on any atom is -0.0533 e. The van der Waals surface area contributed by atoms with Crippen molar-refractivity contribution in [2.24, 2.45) is 17.8 Å². The van der Waals surface area contributed by atoms with Crippen LogP contribution in [0.5, 0.6) is 0 Å². The van der Waals surface area contributed by atoms with Crippen molar-refractivity contribution in [2.45, 2.75) is 44.9 Å². The third-order valence-electron chi connectivity index (χ3n) is 3.43. The summed E-state index contributed by atoms with van der Waals surface area (Å²) in [6.07, 6.45) is 10.5. The van der Waals surface area contributed by atoms with Gasteiger partial charge in [0.15, 0.2) is 0 Å². The molecule has 0 aliphatic heterocycles. The minimum atomic E-state index is 0.830. The molecule has 0 saturated heterocycles. The zero-order valence-corrected chi connectivity index (χ0v) is 7.39. The van der Waals surface area contributed by atoms with E-state index in [-0.39, 0.29) is 0 Å². The average Bonchev–Trinajstić information content (AvgIpc) is 2.69. The Morgan fingerprint density at radius 3 is 2.27 bits per heavy atom. The zero-order valence-electron chi connectivity index (χ0n) is 7.39. The van der Waals surface area contributed by atoms with Gasteiger partial charge < -0.3 is 0 Å². The van der Waals surface area contributed by atoms with E-state index < -0.39 is 0 Å². The second kappa shape index (κ2) is 3.16. The highest BCUT2D eigenvalue weighted by molar-refractivity contribution is 4.89. The van der Waals surface area contributed by atoms with Crippen LogP contribution in [0.3, 0.4) is 0 Å². The van der Waals surface area contributed by atoms with Gasteiger partial charge in [0.2, 0.25) is 0 Å². The fraction of sp³-hybridized carbons (Fsp3) is 0.909. The fourth-order valence-electron chi connectivity index (χ4n) is 2.45. The van der Waals surface area contributed by atoms with Crippen LogP contribution >= 0.6 is 0 Å². The Kier molecular flexibility index (Phi) is 2.20. The molecule has 0 nitrogen and oxygen atoms in total. The molecular formula is C11H19. The molecule has 63 valence electrons. The Morgan fingerprint density at radius 1 is 1.09 bits per heavy atom. The summed E-state index contributed by atoms with van der Waals surface area (Å²) in [6, 6.07) is 0. The molecule has 1 radical (unpaired) electrons. The second-order valence-electron chi connectivity index (χ2n) is 4.50. The summed E-state index contributed by atoms with van der Waals surface area (Å²) >= 11 is 0. The van der Waals surface area contributed by atoms with Crippen LogP contribution in [0, 0.1) is 24.7 Å². The third kappa shape index (κ3) is 1.98. The van der Waals surface area contributed by atoms with E-state index in [1.54, 1.807) is 0 Å². The van der Waals surface area contributed by atoms with Crippen LogP contribution in [0.1, 0.15) is 44.9 Å². The van der Waals surface area contributed by atoms with Crippen molar-refractivity contribution in [1.29, 1.82) is 0 Å². The molecule has 2 unspecified atom stereocenters. The van der Waals surface area contributed by atoms with Crippen LogP contribution in [0.15, 0.2) is 0 Å². The molecule has 11 heavy (non-hydrogen) atoms. The maximum Gasteiger partial charge on any atom is -0.0380 e. The first-order valence-electron chi connectivity index (χ1n) is 5.19. The van der Waals surface area contributed by atoms with E-state index in [1.165, 1.54) is 44.9 Å². The summed E-state index contributed by atoms with van der Waals surface area (Å²) < 4.78 is 0. The van der Waals surface area contributed by atoms with Crippen LogP contribution in [0.4, 0.5) is 0 Å². The monoisotopic (exact) mass is 151 g/mol. The molecule has 0 bridgehead atoms. The van der Waals surface area contributed by atoms with Crippen LogP contribution < -0.4 is 0 Å². The molecule has 0 heteroatoms. The van der Waals surface area contributed by atoms with Gasteiger partial charge in [0.25, 0.3) is 0 Å². The van der Waals surface area contributed by atoms with E-state index in [1.807, 2.05) is 0 Å². The van der Waals surface area contributed by atoms with Crippen LogP contribution in [0.2, 0.25) is 0 Å². The zero-order chi connectivity index (χ0) is 7.68. The summed E-state index contributed by atoms with van der Waals surface area (Å²) in [5.74, 6) is 2.94. The van der Waals surface area contributed by atoms with Gasteiger partial charge in [-0.05, 0) is 37.5 Å². The minimum absolute atomic E-state index is 0.830. The Labute approximate surface area is 70.4 Å².